The predicted octanol–water partition coefficient (Wildman–Crippen LogP) is -0.463. The molecule has 1 unspecified atom stereocenters. The lowest BCUT2D eigenvalue weighted by Gasteiger charge is -2.13. The van der Waals surface area contributed by atoms with Gasteiger partial charge in [-0.25, -0.2) is 9.59 Å². The van der Waals surface area contributed by atoms with Crippen molar-refractivity contribution in [2.45, 2.75) is 25.4 Å². The summed E-state index contributed by atoms with van der Waals surface area (Å²) < 4.78 is 1.57. The van der Waals surface area contributed by atoms with Crippen LogP contribution in [0.25, 0.3) is 0 Å². The summed E-state index contributed by atoms with van der Waals surface area (Å²) in [6.07, 6.45) is 1.20. The van der Waals surface area contributed by atoms with E-state index in [2.05, 4.69) is 15.7 Å². The van der Waals surface area contributed by atoms with Gasteiger partial charge < -0.3 is 20.8 Å². The summed E-state index contributed by atoms with van der Waals surface area (Å²) in [7, 11) is 1.73. The maximum atomic E-state index is 11.5. The largest absolute Gasteiger partial charge is 0.481 e. The molecule has 0 spiro atoms. The van der Waals surface area contributed by atoms with Crippen molar-refractivity contribution in [1.82, 2.24) is 20.4 Å². The van der Waals surface area contributed by atoms with Crippen molar-refractivity contribution in [3.05, 3.63) is 18.0 Å². The molecule has 0 aliphatic rings. The highest BCUT2D eigenvalue weighted by Gasteiger charge is 2.20. The number of urea groups is 1. The van der Waals surface area contributed by atoms with Gasteiger partial charge in [-0.1, -0.05) is 0 Å². The second kappa shape index (κ2) is 7.12. The average Bonchev–Trinajstić information content (AvgIpc) is 2.77. The monoisotopic (exact) mass is 284 g/mol. The number of aryl methyl sites for hydroxylation is 1. The van der Waals surface area contributed by atoms with Crippen molar-refractivity contribution >= 4 is 18.0 Å². The molecule has 1 rings (SSSR count). The van der Waals surface area contributed by atoms with Crippen LogP contribution in [0.5, 0.6) is 0 Å². The number of amides is 2. The van der Waals surface area contributed by atoms with Crippen LogP contribution < -0.4 is 10.6 Å². The Morgan fingerprint density at radius 3 is 2.60 bits per heavy atom. The van der Waals surface area contributed by atoms with Crippen molar-refractivity contribution in [1.29, 1.82) is 0 Å². The minimum atomic E-state index is -1.28. The van der Waals surface area contributed by atoms with E-state index in [1.807, 2.05) is 0 Å². The SMILES string of the molecule is Cn1ccc(CNC(=O)NC(CCC(=O)O)C(=O)O)n1. The molecule has 0 aliphatic heterocycles. The third-order valence-corrected chi connectivity index (χ3v) is 2.45. The van der Waals surface area contributed by atoms with E-state index in [0.29, 0.717) is 5.69 Å². The van der Waals surface area contributed by atoms with Crippen LogP contribution in [0, 0.1) is 0 Å². The van der Waals surface area contributed by atoms with Crippen molar-refractivity contribution < 1.29 is 24.6 Å². The zero-order chi connectivity index (χ0) is 15.1. The van der Waals surface area contributed by atoms with Crippen LogP contribution in [0.15, 0.2) is 12.3 Å². The van der Waals surface area contributed by atoms with Gasteiger partial charge in [0.15, 0.2) is 0 Å². The third kappa shape index (κ3) is 5.38. The number of carboxylic acids is 2. The molecule has 0 fully saturated rings. The molecule has 0 saturated carbocycles. The molecule has 20 heavy (non-hydrogen) atoms. The Bertz CT molecular complexity index is 499. The van der Waals surface area contributed by atoms with E-state index in [9.17, 15) is 14.4 Å². The minimum absolute atomic E-state index is 0.151. The van der Waals surface area contributed by atoms with Gasteiger partial charge in [0, 0.05) is 19.7 Å². The van der Waals surface area contributed by atoms with Crippen LogP contribution in [0.4, 0.5) is 4.79 Å². The second-order valence-corrected chi connectivity index (χ2v) is 4.13. The maximum Gasteiger partial charge on any atom is 0.326 e. The number of aromatic nitrogens is 2. The van der Waals surface area contributed by atoms with E-state index in [1.54, 1.807) is 24.0 Å². The molecule has 1 aromatic rings. The zero-order valence-corrected chi connectivity index (χ0v) is 10.9. The first-order chi connectivity index (χ1) is 9.38. The molecule has 110 valence electrons. The molecule has 9 nitrogen and oxygen atoms in total. The van der Waals surface area contributed by atoms with Crippen LogP contribution in [-0.4, -0.2) is 44.0 Å². The van der Waals surface area contributed by atoms with Crippen LogP contribution in [-0.2, 0) is 23.2 Å². The molecular formula is C11H16N4O5. The van der Waals surface area contributed by atoms with Gasteiger partial charge in [-0.2, -0.15) is 5.10 Å². The average molecular weight is 284 g/mol. The third-order valence-electron chi connectivity index (χ3n) is 2.45. The number of aliphatic carboxylic acids is 2. The van der Waals surface area contributed by atoms with Gasteiger partial charge in [-0.15, -0.1) is 0 Å². The Balaban J connectivity index is 2.41. The van der Waals surface area contributed by atoms with E-state index in [4.69, 9.17) is 10.2 Å². The Labute approximate surface area is 114 Å². The topological polar surface area (TPSA) is 134 Å². The fourth-order valence-corrected chi connectivity index (χ4v) is 1.46. The van der Waals surface area contributed by atoms with Crippen LogP contribution >= 0.6 is 0 Å². The Hall–Kier alpha value is -2.58. The number of hydrogen-bond donors (Lipinski definition) is 4. The first-order valence-electron chi connectivity index (χ1n) is 5.86. The van der Waals surface area contributed by atoms with Gasteiger partial charge in [0.05, 0.1) is 12.2 Å². The molecule has 0 radical (unpaired) electrons. The fourth-order valence-electron chi connectivity index (χ4n) is 1.46. The summed E-state index contributed by atoms with van der Waals surface area (Å²) in [6, 6.07) is -0.220. The highest BCUT2D eigenvalue weighted by molar-refractivity contribution is 5.82. The number of carbonyl (C=O) groups excluding carboxylic acids is 1. The second-order valence-electron chi connectivity index (χ2n) is 4.13. The zero-order valence-electron chi connectivity index (χ0n) is 10.9. The molecule has 2 amide bonds. The van der Waals surface area contributed by atoms with Gasteiger partial charge in [-0.3, -0.25) is 9.48 Å². The normalized spacial score (nSPS) is 11.7. The first kappa shape index (κ1) is 15.5. The van der Waals surface area contributed by atoms with Gasteiger partial charge >= 0.3 is 18.0 Å². The van der Waals surface area contributed by atoms with Gasteiger partial charge in [0.25, 0.3) is 0 Å². The van der Waals surface area contributed by atoms with E-state index in [0.717, 1.165) is 0 Å². The first-order valence-corrected chi connectivity index (χ1v) is 5.86. The Kier molecular flexibility index (Phi) is 5.51. The molecule has 0 saturated heterocycles. The number of hydrogen-bond acceptors (Lipinski definition) is 4. The van der Waals surface area contributed by atoms with Crippen LogP contribution in [0.2, 0.25) is 0 Å². The smallest absolute Gasteiger partial charge is 0.326 e. The fraction of sp³-hybridized carbons (Fsp3) is 0.455. The van der Waals surface area contributed by atoms with Crippen molar-refractivity contribution in [2.75, 3.05) is 0 Å². The summed E-state index contributed by atoms with van der Waals surface area (Å²) in [5.74, 6) is -2.40. The molecular weight excluding hydrogens is 268 g/mol. The standard InChI is InChI=1S/C11H16N4O5/c1-15-5-4-7(14-15)6-12-11(20)13-8(10(18)19)2-3-9(16)17/h4-5,8H,2-3,6H2,1H3,(H,16,17)(H,18,19)(H2,12,13,20). The van der Waals surface area contributed by atoms with Crippen molar-refractivity contribution in [2.24, 2.45) is 7.05 Å². The van der Waals surface area contributed by atoms with Crippen molar-refractivity contribution in [3.8, 4) is 0 Å². The highest BCUT2D eigenvalue weighted by Crippen LogP contribution is 1.98. The summed E-state index contributed by atoms with van der Waals surface area (Å²) >= 11 is 0. The molecule has 0 aromatic carbocycles. The Morgan fingerprint density at radius 2 is 2.10 bits per heavy atom. The molecule has 0 aliphatic carbocycles. The molecule has 1 atom stereocenters. The van der Waals surface area contributed by atoms with Gasteiger partial charge in [-0.05, 0) is 12.5 Å². The van der Waals surface area contributed by atoms with E-state index in [-0.39, 0.29) is 19.4 Å². The predicted molar refractivity (Wildman–Crippen MR) is 66.9 cm³/mol. The molecule has 4 N–H and O–H groups in total. The number of nitrogens with zero attached hydrogens (tertiary/aromatic N) is 2. The molecule has 0 bridgehead atoms. The lowest BCUT2D eigenvalue weighted by Crippen LogP contribution is -2.46. The minimum Gasteiger partial charge on any atom is -0.481 e. The van der Waals surface area contributed by atoms with E-state index in [1.165, 1.54) is 0 Å². The number of carboxylic acid groups (broad SMARTS) is 2. The van der Waals surface area contributed by atoms with E-state index < -0.39 is 24.0 Å². The summed E-state index contributed by atoms with van der Waals surface area (Å²) in [5.41, 5.74) is 0.625. The Morgan fingerprint density at radius 1 is 1.40 bits per heavy atom. The molecule has 9 heteroatoms. The maximum absolute atomic E-state index is 11.5. The summed E-state index contributed by atoms with van der Waals surface area (Å²) in [5, 5.41) is 26.1. The number of carbonyl (C=O) groups is 3. The van der Waals surface area contributed by atoms with Gasteiger partial charge in [0.2, 0.25) is 0 Å². The van der Waals surface area contributed by atoms with Gasteiger partial charge in [0.1, 0.15) is 6.04 Å². The summed E-state index contributed by atoms with van der Waals surface area (Å²) in [4.78, 5) is 32.8. The quantitative estimate of drug-likeness (QED) is 0.535. The molecule has 1 heterocycles. The molecule has 1 aromatic heterocycles. The highest BCUT2D eigenvalue weighted by atomic mass is 16.4. The number of rotatable bonds is 7. The number of nitrogens with one attached hydrogen (secondary N) is 2. The van der Waals surface area contributed by atoms with Crippen molar-refractivity contribution in [3.63, 3.8) is 0 Å². The lowest BCUT2D eigenvalue weighted by molar-refractivity contribution is -0.140. The lowest BCUT2D eigenvalue weighted by atomic mass is 10.1. The van der Waals surface area contributed by atoms with E-state index >= 15 is 0 Å². The van der Waals surface area contributed by atoms with Crippen LogP contribution in [0.3, 0.4) is 0 Å². The van der Waals surface area contributed by atoms with Crippen LogP contribution in [0.1, 0.15) is 18.5 Å². The summed E-state index contributed by atoms with van der Waals surface area (Å²) in [6.45, 7) is 0.151.